The highest BCUT2D eigenvalue weighted by atomic mass is 14.9. The molecule has 0 bridgehead atoms. The number of hydrogen-bond donors (Lipinski definition) is 1. The Bertz CT molecular complexity index is 575. The van der Waals surface area contributed by atoms with Crippen LogP contribution in [0.5, 0.6) is 0 Å². The van der Waals surface area contributed by atoms with Gasteiger partial charge in [-0.05, 0) is 48.4 Å². The first kappa shape index (κ1) is 14.3. The Hall–Kier alpha value is -1.60. The zero-order valence-electron chi connectivity index (χ0n) is 13.0. The molecule has 3 unspecified atom stereocenters. The van der Waals surface area contributed by atoms with E-state index >= 15 is 0 Å². The van der Waals surface area contributed by atoms with Crippen LogP contribution < -0.4 is 5.32 Å². The molecule has 1 N–H and O–H groups in total. The van der Waals surface area contributed by atoms with Crippen LogP contribution in [0.4, 0.5) is 0 Å². The maximum absolute atomic E-state index is 3.57. The van der Waals surface area contributed by atoms with Crippen LogP contribution in [0, 0.1) is 12.8 Å². The lowest BCUT2D eigenvalue weighted by atomic mass is 9.88. The molecule has 1 saturated carbocycles. The predicted octanol–water partition coefficient (Wildman–Crippen LogP) is 4.49. The molecule has 2 aromatic carbocycles. The number of aryl methyl sites for hydroxylation is 1. The number of rotatable bonds is 6. The molecule has 1 aliphatic rings. The zero-order valence-corrected chi connectivity index (χ0v) is 13.0. The van der Waals surface area contributed by atoms with Gasteiger partial charge in [0.2, 0.25) is 0 Å². The summed E-state index contributed by atoms with van der Waals surface area (Å²) < 4.78 is 0. The van der Waals surface area contributed by atoms with Crippen LogP contribution in [0.2, 0.25) is 0 Å². The average Bonchev–Trinajstić information content (AvgIpc) is 3.31. The fourth-order valence-electron chi connectivity index (χ4n) is 3.54. The molecular formula is C20H25N. The van der Waals surface area contributed by atoms with Gasteiger partial charge in [0.25, 0.3) is 0 Å². The third kappa shape index (κ3) is 3.19. The molecule has 1 nitrogen and oxygen atoms in total. The highest BCUT2D eigenvalue weighted by molar-refractivity contribution is 5.35. The van der Waals surface area contributed by atoms with Crippen LogP contribution in [0.15, 0.2) is 54.6 Å². The van der Waals surface area contributed by atoms with Crippen LogP contribution in [-0.4, -0.2) is 13.1 Å². The fraction of sp³-hybridized carbons (Fsp3) is 0.400. The van der Waals surface area contributed by atoms with E-state index in [0.717, 1.165) is 24.9 Å². The summed E-state index contributed by atoms with van der Waals surface area (Å²) in [5.74, 6) is 2.17. The molecule has 0 heterocycles. The van der Waals surface area contributed by atoms with Gasteiger partial charge >= 0.3 is 0 Å². The molecule has 0 saturated heterocycles. The number of likely N-dealkylation sites (N-methyl/N-ethyl adjacent to an activating group) is 1. The van der Waals surface area contributed by atoms with Crippen LogP contribution in [-0.2, 0) is 0 Å². The van der Waals surface area contributed by atoms with Crippen molar-refractivity contribution < 1.29 is 0 Å². The summed E-state index contributed by atoms with van der Waals surface area (Å²) in [6.45, 7) is 6.57. The van der Waals surface area contributed by atoms with E-state index < -0.39 is 0 Å². The van der Waals surface area contributed by atoms with E-state index in [2.05, 4.69) is 73.8 Å². The van der Waals surface area contributed by atoms with Gasteiger partial charge in [0, 0.05) is 12.5 Å². The van der Waals surface area contributed by atoms with Crippen molar-refractivity contribution in [2.45, 2.75) is 32.1 Å². The van der Waals surface area contributed by atoms with Crippen LogP contribution >= 0.6 is 0 Å². The minimum atomic E-state index is 0.636. The summed E-state index contributed by atoms with van der Waals surface area (Å²) in [5.41, 5.74) is 4.47. The van der Waals surface area contributed by atoms with Crippen LogP contribution in [0.1, 0.15) is 41.9 Å². The molecule has 3 atom stereocenters. The molecular weight excluding hydrogens is 254 g/mol. The molecule has 2 aromatic rings. The van der Waals surface area contributed by atoms with Crippen LogP contribution in [0.3, 0.4) is 0 Å². The second kappa shape index (κ2) is 6.44. The first-order chi connectivity index (χ1) is 10.3. The van der Waals surface area contributed by atoms with Gasteiger partial charge in [0.1, 0.15) is 0 Å². The van der Waals surface area contributed by atoms with Crippen molar-refractivity contribution in [1.82, 2.24) is 5.32 Å². The molecule has 0 radical (unpaired) electrons. The maximum Gasteiger partial charge on any atom is 0.00230 e. The molecule has 0 aliphatic heterocycles. The molecule has 110 valence electrons. The Labute approximate surface area is 128 Å². The van der Waals surface area contributed by atoms with Crippen molar-refractivity contribution >= 4 is 0 Å². The van der Waals surface area contributed by atoms with E-state index in [1.165, 1.54) is 23.1 Å². The Morgan fingerprint density at radius 2 is 1.76 bits per heavy atom. The Morgan fingerprint density at radius 3 is 2.48 bits per heavy atom. The summed E-state index contributed by atoms with van der Waals surface area (Å²) in [5, 5.41) is 3.57. The van der Waals surface area contributed by atoms with E-state index in [1.54, 1.807) is 0 Å². The standard InChI is InChI=1S/C20H25N/c1-3-21-14-20(17-12-8-7-9-15(17)2)19-13-18(19)16-10-5-4-6-11-16/h4-12,18-21H,3,13-14H2,1-2H3. The quantitative estimate of drug-likeness (QED) is 0.821. The minimum Gasteiger partial charge on any atom is -0.316 e. The lowest BCUT2D eigenvalue weighted by molar-refractivity contribution is 0.534. The number of benzene rings is 2. The summed E-state index contributed by atoms with van der Waals surface area (Å²) in [6, 6.07) is 19.9. The molecule has 0 amide bonds. The van der Waals surface area contributed by atoms with Crippen molar-refractivity contribution in [3.63, 3.8) is 0 Å². The molecule has 0 aromatic heterocycles. The molecule has 1 aliphatic carbocycles. The summed E-state index contributed by atoms with van der Waals surface area (Å²) >= 11 is 0. The van der Waals surface area contributed by atoms with Gasteiger partial charge in [-0.25, -0.2) is 0 Å². The van der Waals surface area contributed by atoms with Gasteiger partial charge in [0.05, 0.1) is 0 Å². The van der Waals surface area contributed by atoms with Crippen molar-refractivity contribution in [3.05, 3.63) is 71.3 Å². The highest BCUT2D eigenvalue weighted by Crippen LogP contribution is 2.55. The normalized spacial score (nSPS) is 22.0. The summed E-state index contributed by atoms with van der Waals surface area (Å²) in [6.07, 6.45) is 1.33. The average molecular weight is 279 g/mol. The fourth-order valence-corrected chi connectivity index (χ4v) is 3.54. The second-order valence-corrected chi connectivity index (χ2v) is 6.19. The van der Waals surface area contributed by atoms with E-state index in [4.69, 9.17) is 0 Å². The number of hydrogen-bond acceptors (Lipinski definition) is 1. The number of nitrogens with one attached hydrogen (secondary N) is 1. The predicted molar refractivity (Wildman–Crippen MR) is 89.8 cm³/mol. The van der Waals surface area contributed by atoms with Crippen molar-refractivity contribution in [3.8, 4) is 0 Å². The van der Waals surface area contributed by atoms with Gasteiger partial charge in [-0.2, -0.15) is 0 Å². The Balaban J connectivity index is 1.80. The van der Waals surface area contributed by atoms with Crippen molar-refractivity contribution in [2.24, 2.45) is 5.92 Å². The smallest absolute Gasteiger partial charge is 0.00230 e. The largest absolute Gasteiger partial charge is 0.316 e. The molecule has 1 heteroatoms. The monoisotopic (exact) mass is 279 g/mol. The SMILES string of the molecule is CCNCC(c1ccccc1C)C1CC1c1ccccc1. The Kier molecular flexibility index (Phi) is 4.40. The first-order valence-electron chi connectivity index (χ1n) is 8.12. The topological polar surface area (TPSA) is 12.0 Å². The zero-order chi connectivity index (χ0) is 14.7. The maximum atomic E-state index is 3.57. The van der Waals surface area contributed by atoms with E-state index in [0.29, 0.717) is 5.92 Å². The van der Waals surface area contributed by atoms with Gasteiger partial charge < -0.3 is 5.32 Å². The first-order valence-corrected chi connectivity index (χ1v) is 8.12. The lowest BCUT2D eigenvalue weighted by Crippen LogP contribution is -2.23. The highest BCUT2D eigenvalue weighted by Gasteiger charge is 2.44. The summed E-state index contributed by atoms with van der Waals surface area (Å²) in [4.78, 5) is 0. The molecule has 21 heavy (non-hydrogen) atoms. The van der Waals surface area contributed by atoms with Gasteiger partial charge in [-0.15, -0.1) is 0 Å². The van der Waals surface area contributed by atoms with Gasteiger partial charge in [-0.3, -0.25) is 0 Å². The molecule has 0 spiro atoms. The van der Waals surface area contributed by atoms with Crippen molar-refractivity contribution in [1.29, 1.82) is 0 Å². The molecule has 3 rings (SSSR count). The Morgan fingerprint density at radius 1 is 1.05 bits per heavy atom. The van der Waals surface area contributed by atoms with E-state index in [1.807, 2.05) is 0 Å². The van der Waals surface area contributed by atoms with Gasteiger partial charge in [-0.1, -0.05) is 61.5 Å². The summed E-state index contributed by atoms with van der Waals surface area (Å²) in [7, 11) is 0. The third-order valence-corrected chi connectivity index (χ3v) is 4.79. The van der Waals surface area contributed by atoms with Gasteiger partial charge in [0.15, 0.2) is 0 Å². The van der Waals surface area contributed by atoms with Crippen molar-refractivity contribution in [2.75, 3.05) is 13.1 Å². The van der Waals surface area contributed by atoms with E-state index in [-0.39, 0.29) is 0 Å². The second-order valence-electron chi connectivity index (χ2n) is 6.19. The van der Waals surface area contributed by atoms with E-state index in [9.17, 15) is 0 Å². The third-order valence-electron chi connectivity index (χ3n) is 4.79. The minimum absolute atomic E-state index is 0.636. The molecule has 1 fully saturated rings. The lowest BCUT2D eigenvalue weighted by Gasteiger charge is -2.20. The van der Waals surface area contributed by atoms with Crippen LogP contribution in [0.25, 0.3) is 0 Å².